The van der Waals surface area contributed by atoms with Crippen LogP contribution in [0.1, 0.15) is 12.1 Å². The first-order valence-electron chi connectivity index (χ1n) is 9.99. The van der Waals surface area contributed by atoms with E-state index >= 15 is 0 Å². The van der Waals surface area contributed by atoms with E-state index in [2.05, 4.69) is 22.1 Å². The number of aromatic nitrogens is 2. The summed E-state index contributed by atoms with van der Waals surface area (Å²) in [5.74, 6) is 1.70. The SMILES string of the molecule is COc1ccc(-c2ccccc2)cc1N1C(=O)[C@@H]2C[C@H]1CN2c1cc(C)nc(N)n1. The average Bonchev–Trinajstić information content (AvgIpc) is 3.31. The van der Waals surface area contributed by atoms with E-state index in [-0.39, 0.29) is 23.9 Å². The summed E-state index contributed by atoms with van der Waals surface area (Å²) in [5, 5.41) is 0. The van der Waals surface area contributed by atoms with Gasteiger partial charge in [-0.3, -0.25) is 4.79 Å². The minimum Gasteiger partial charge on any atom is -0.495 e. The summed E-state index contributed by atoms with van der Waals surface area (Å²) in [6.07, 6.45) is 0.751. The van der Waals surface area contributed by atoms with Gasteiger partial charge in [-0.2, -0.15) is 4.98 Å². The number of methoxy groups -OCH3 is 1. The Morgan fingerprint density at radius 2 is 1.87 bits per heavy atom. The van der Waals surface area contributed by atoms with Crippen LogP contribution >= 0.6 is 0 Å². The maximum atomic E-state index is 13.4. The molecule has 0 radical (unpaired) electrons. The summed E-state index contributed by atoms with van der Waals surface area (Å²) in [6.45, 7) is 2.58. The van der Waals surface area contributed by atoms with E-state index in [1.54, 1.807) is 7.11 Å². The van der Waals surface area contributed by atoms with Crippen LogP contribution in [0, 0.1) is 6.92 Å². The monoisotopic (exact) mass is 401 g/mol. The number of hydrogen-bond acceptors (Lipinski definition) is 6. The van der Waals surface area contributed by atoms with Gasteiger partial charge in [0.2, 0.25) is 11.9 Å². The lowest BCUT2D eigenvalue weighted by molar-refractivity contribution is -0.118. The Bertz CT molecular complexity index is 1100. The van der Waals surface area contributed by atoms with Gasteiger partial charge in [-0.05, 0) is 36.6 Å². The van der Waals surface area contributed by atoms with Crippen molar-refractivity contribution >= 4 is 23.4 Å². The van der Waals surface area contributed by atoms with Crippen molar-refractivity contribution in [3.63, 3.8) is 0 Å². The lowest BCUT2D eigenvalue weighted by Crippen LogP contribution is -2.51. The highest BCUT2D eigenvalue weighted by molar-refractivity contribution is 6.05. The smallest absolute Gasteiger partial charge is 0.250 e. The van der Waals surface area contributed by atoms with E-state index in [0.717, 1.165) is 28.9 Å². The van der Waals surface area contributed by atoms with Gasteiger partial charge in [0, 0.05) is 18.3 Å². The molecule has 0 spiro atoms. The predicted molar refractivity (Wildman–Crippen MR) is 117 cm³/mol. The van der Waals surface area contributed by atoms with Crippen LogP contribution in [-0.2, 0) is 4.79 Å². The van der Waals surface area contributed by atoms with Crippen LogP contribution < -0.4 is 20.3 Å². The summed E-state index contributed by atoms with van der Waals surface area (Å²) in [5.41, 5.74) is 9.59. The molecular formula is C23H23N5O2. The molecule has 0 unspecified atom stereocenters. The average molecular weight is 401 g/mol. The zero-order valence-corrected chi connectivity index (χ0v) is 16.9. The molecule has 5 rings (SSSR count). The van der Waals surface area contributed by atoms with Crippen LogP contribution in [0.4, 0.5) is 17.5 Å². The summed E-state index contributed by atoms with van der Waals surface area (Å²) in [6, 6.07) is 17.8. The Hall–Kier alpha value is -3.61. The molecule has 3 aromatic rings. The normalized spacial score (nSPS) is 20.1. The van der Waals surface area contributed by atoms with Gasteiger partial charge in [-0.15, -0.1) is 0 Å². The van der Waals surface area contributed by atoms with E-state index in [1.165, 1.54) is 0 Å². The summed E-state index contributed by atoms with van der Waals surface area (Å²) in [4.78, 5) is 25.8. The van der Waals surface area contributed by atoms with E-state index in [9.17, 15) is 4.79 Å². The first-order valence-corrected chi connectivity index (χ1v) is 9.99. The number of nitrogens with zero attached hydrogens (tertiary/aromatic N) is 4. The van der Waals surface area contributed by atoms with Crippen LogP contribution in [0.2, 0.25) is 0 Å². The van der Waals surface area contributed by atoms with Crippen LogP contribution in [0.15, 0.2) is 54.6 Å². The minimum absolute atomic E-state index is 0.0546. The molecule has 2 saturated heterocycles. The predicted octanol–water partition coefficient (Wildman–Crippen LogP) is 3.04. The number of hydrogen-bond donors (Lipinski definition) is 1. The van der Waals surface area contributed by atoms with Crippen molar-refractivity contribution in [2.45, 2.75) is 25.4 Å². The second-order valence-corrected chi connectivity index (χ2v) is 7.74. The van der Waals surface area contributed by atoms with Gasteiger partial charge >= 0.3 is 0 Å². The molecule has 2 aromatic carbocycles. The number of nitrogens with two attached hydrogens (primary N) is 1. The lowest BCUT2D eigenvalue weighted by atomic mass is 10.0. The quantitative estimate of drug-likeness (QED) is 0.723. The molecule has 7 nitrogen and oxygen atoms in total. The highest BCUT2D eigenvalue weighted by Crippen LogP contribution is 2.42. The number of piperazine rings is 1. The second-order valence-electron chi connectivity index (χ2n) is 7.74. The standard InChI is InChI=1S/C23H23N5O2/c1-14-10-21(26-23(24)25-14)27-13-17-12-19(27)22(29)28(17)18-11-16(8-9-20(18)30-2)15-6-4-3-5-7-15/h3-11,17,19H,12-13H2,1-2H3,(H2,24,25,26)/t17-,19-/m0/s1. The number of amides is 1. The van der Waals surface area contributed by atoms with Crippen LogP contribution in [-0.4, -0.2) is 41.6 Å². The third-order valence-electron chi connectivity index (χ3n) is 5.86. The molecule has 1 amide bonds. The molecule has 3 heterocycles. The first-order chi connectivity index (χ1) is 14.5. The molecule has 2 N–H and O–H groups in total. The molecule has 0 aliphatic carbocycles. The van der Waals surface area contributed by atoms with Crippen LogP contribution in [0.25, 0.3) is 11.1 Å². The van der Waals surface area contributed by atoms with Gasteiger partial charge in [0.05, 0.1) is 18.8 Å². The molecular weight excluding hydrogens is 378 g/mol. The molecule has 152 valence electrons. The number of nitrogen functional groups attached to an aromatic ring is 1. The van der Waals surface area contributed by atoms with Gasteiger partial charge in [-0.1, -0.05) is 36.4 Å². The van der Waals surface area contributed by atoms with Gasteiger partial charge in [-0.25, -0.2) is 4.98 Å². The fourth-order valence-corrected chi connectivity index (χ4v) is 4.55. The highest BCUT2D eigenvalue weighted by Gasteiger charge is 2.51. The molecule has 2 fully saturated rings. The topological polar surface area (TPSA) is 84.6 Å². The Balaban J connectivity index is 1.49. The van der Waals surface area contributed by atoms with Crippen LogP contribution in [0.5, 0.6) is 5.75 Å². The molecule has 0 saturated carbocycles. The van der Waals surface area contributed by atoms with Crippen molar-refractivity contribution in [3.05, 3.63) is 60.3 Å². The first kappa shape index (κ1) is 18.4. The molecule has 2 aliphatic heterocycles. The fourth-order valence-electron chi connectivity index (χ4n) is 4.55. The van der Waals surface area contributed by atoms with E-state index < -0.39 is 0 Å². The highest BCUT2D eigenvalue weighted by atomic mass is 16.5. The third-order valence-corrected chi connectivity index (χ3v) is 5.86. The maximum Gasteiger partial charge on any atom is 0.250 e. The zero-order chi connectivity index (χ0) is 20.8. The summed E-state index contributed by atoms with van der Waals surface area (Å²) in [7, 11) is 1.64. The number of carbonyl (C=O) groups excluding carboxylic acids is 1. The molecule has 2 aliphatic rings. The van der Waals surface area contributed by atoms with Crippen molar-refractivity contribution in [1.29, 1.82) is 0 Å². The molecule has 2 bridgehead atoms. The summed E-state index contributed by atoms with van der Waals surface area (Å²) < 4.78 is 5.60. The Labute approximate surface area is 175 Å². The Morgan fingerprint density at radius 3 is 2.57 bits per heavy atom. The van der Waals surface area contributed by atoms with Crippen molar-refractivity contribution in [2.75, 3.05) is 29.2 Å². The number of benzene rings is 2. The lowest BCUT2D eigenvalue weighted by Gasteiger charge is -2.35. The van der Waals surface area contributed by atoms with E-state index in [0.29, 0.717) is 18.1 Å². The van der Waals surface area contributed by atoms with Gasteiger partial charge in [0.1, 0.15) is 17.6 Å². The molecule has 1 aromatic heterocycles. The summed E-state index contributed by atoms with van der Waals surface area (Å²) >= 11 is 0. The largest absolute Gasteiger partial charge is 0.495 e. The van der Waals surface area contributed by atoms with Crippen molar-refractivity contribution < 1.29 is 9.53 Å². The third kappa shape index (κ3) is 2.94. The Kier molecular flexibility index (Phi) is 4.31. The number of aryl methyl sites for hydroxylation is 1. The van der Waals surface area contributed by atoms with Crippen LogP contribution in [0.3, 0.4) is 0 Å². The number of anilines is 3. The Morgan fingerprint density at radius 1 is 1.07 bits per heavy atom. The second kappa shape index (κ2) is 7.02. The van der Waals surface area contributed by atoms with Gasteiger partial charge < -0.3 is 20.3 Å². The van der Waals surface area contributed by atoms with Crippen molar-refractivity contribution in [2.24, 2.45) is 0 Å². The zero-order valence-electron chi connectivity index (χ0n) is 16.9. The number of carbonyl (C=O) groups is 1. The molecule has 2 atom stereocenters. The van der Waals surface area contributed by atoms with Gasteiger partial charge in [0.15, 0.2) is 0 Å². The van der Waals surface area contributed by atoms with Crippen molar-refractivity contribution in [3.8, 4) is 16.9 Å². The van der Waals surface area contributed by atoms with Crippen molar-refractivity contribution in [1.82, 2.24) is 9.97 Å². The van der Waals surface area contributed by atoms with E-state index in [4.69, 9.17) is 10.5 Å². The minimum atomic E-state index is -0.256. The molecule has 7 heteroatoms. The number of fused-ring (bicyclic) bond motifs is 2. The van der Waals surface area contributed by atoms with E-state index in [1.807, 2.05) is 59.2 Å². The van der Waals surface area contributed by atoms with Gasteiger partial charge in [0.25, 0.3) is 0 Å². The maximum absolute atomic E-state index is 13.4. The number of rotatable bonds is 4. The molecule has 30 heavy (non-hydrogen) atoms. The number of ether oxygens (including phenoxy) is 1. The fraction of sp³-hybridized carbons (Fsp3) is 0.261.